The van der Waals surface area contributed by atoms with Gasteiger partial charge in [0.25, 0.3) is 0 Å². The number of benzene rings is 1. The van der Waals surface area contributed by atoms with E-state index in [4.69, 9.17) is 49.9 Å². The SMILES string of the molecule is CCOc1nc(N)nc2c1ncn2C1OC(COP2(=O)OCCC(c3cccc(Cl)c3)O2)C(OC(C)=O)C1(C)OC(C)=O. The number of phosphoric acid groups is 1. The molecule has 2 aromatic heterocycles. The summed E-state index contributed by atoms with van der Waals surface area (Å²) in [6.07, 6.45) is -2.33. The van der Waals surface area contributed by atoms with Crippen molar-refractivity contribution in [2.75, 3.05) is 25.6 Å². The summed E-state index contributed by atoms with van der Waals surface area (Å²) >= 11 is 6.12. The Kier molecular flexibility index (Phi) is 8.93. The number of hydrogen-bond acceptors (Lipinski definition) is 14. The zero-order valence-electron chi connectivity index (χ0n) is 23.8. The Morgan fingerprint density at radius 3 is 2.74 bits per heavy atom. The van der Waals surface area contributed by atoms with E-state index < -0.39 is 56.5 Å². The smallest absolute Gasteiger partial charge is 0.475 e. The molecule has 3 aromatic rings. The van der Waals surface area contributed by atoms with Crippen molar-refractivity contribution in [1.82, 2.24) is 19.5 Å². The van der Waals surface area contributed by atoms with Crippen molar-refractivity contribution in [3.05, 3.63) is 41.2 Å². The van der Waals surface area contributed by atoms with Gasteiger partial charge in [0.1, 0.15) is 6.10 Å². The Morgan fingerprint density at radius 1 is 1.26 bits per heavy atom. The van der Waals surface area contributed by atoms with Gasteiger partial charge in [0, 0.05) is 25.3 Å². The van der Waals surface area contributed by atoms with Gasteiger partial charge in [-0.25, -0.2) is 9.55 Å². The summed E-state index contributed by atoms with van der Waals surface area (Å²) in [6, 6.07) is 6.96. The first kappa shape index (κ1) is 31.1. The van der Waals surface area contributed by atoms with Crippen LogP contribution in [0.5, 0.6) is 5.88 Å². The van der Waals surface area contributed by atoms with Crippen LogP contribution >= 0.6 is 19.4 Å². The number of fused-ring (bicyclic) bond motifs is 1. The molecule has 2 N–H and O–H groups in total. The van der Waals surface area contributed by atoms with Crippen LogP contribution in [0.1, 0.15) is 52.0 Å². The quantitative estimate of drug-likeness (QED) is 0.262. The number of anilines is 1. The molecule has 0 saturated carbocycles. The first-order chi connectivity index (χ1) is 20.4. The van der Waals surface area contributed by atoms with Gasteiger partial charge in [0.15, 0.2) is 29.1 Å². The minimum absolute atomic E-state index is 0.0888. The Hall–Kier alpha value is -3.33. The van der Waals surface area contributed by atoms with Gasteiger partial charge in [-0.15, -0.1) is 0 Å². The van der Waals surface area contributed by atoms with Crippen LogP contribution in [0, 0.1) is 0 Å². The predicted octanol–water partition coefficient (Wildman–Crippen LogP) is 3.91. The second kappa shape index (κ2) is 12.3. The number of aromatic nitrogens is 4. The maximum atomic E-state index is 13.5. The third-order valence-electron chi connectivity index (χ3n) is 6.80. The van der Waals surface area contributed by atoms with Gasteiger partial charge < -0.3 is 24.7 Å². The van der Waals surface area contributed by atoms with Gasteiger partial charge in [-0.3, -0.25) is 27.7 Å². The number of imidazole rings is 1. The number of carbonyl (C=O) groups excluding carboxylic acids is 2. The number of hydrogen-bond donors (Lipinski definition) is 1. The molecule has 0 radical (unpaired) electrons. The number of nitrogens with two attached hydrogens (primary N) is 1. The van der Waals surface area contributed by atoms with Crippen molar-refractivity contribution in [2.24, 2.45) is 0 Å². The zero-order valence-corrected chi connectivity index (χ0v) is 25.4. The molecule has 0 aliphatic carbocycles. The van der Waals surface area contributed by atoms with Crippen molar-refractivity contribution in [3.63, 3.8) is 0 Å². The molecular formula is C26H31ClN5O10P. The molecule has 0 bridgehead atoms. The number of esters is 2. The Morgan fingerprint density at radius 2 is 2.05 bits per heavy atom. The molecule has 232 valence electrons. The van der Waals surface area contributed by atoms with Crippen LogP contribution in [-0.4, -0.2) is 69.1 Å². The Labute approximate surface area is 251 Å². The molecule has 15 nitrogen and oxygen atoms in total. The lowest BCUT2D eigenvalue weighted by Gasteiger charge is -2.34. The van der Waals surface area contributed by atoms with E-state index >= 15 is 0 Å². The fourth-order valence-corrected chi connectivity index (χ4v) is 6.73. The molecule has 2 aliphatic heterocycles. The van der Waals surface area contributed by atoms with Gasteiger partial charge in [-0.1, -0.05) is 23.7 Å². The van der Waals surface area contributed by atoms with Crippen LogP contribution in [0.25, 0.3) is 11.2 Å². The second-order valence-corrected chi connectivity index (χ2v) is 12.1. The molecule has 6 atom stereocenters. The number of rotatable bonds is 9. The standard InChI is InChI=1S/C26H31ClN5O10P/c1-5-36-23-20-22(30-25(28)31-23)32(13-29-20)24-26(4,41-15(3)34)21(39-14(2)33)19(40-24)12-38-43(35)37-10-9-18(42-43)16-7-6-8-17(27)11-16/h6-8,11,13,18-19,21,24H,5,9-10,12H2,1-4H3,(H2,28,30,31). The molecule has 1 aromatic carbocycles. The Bertz CT molecular complexity index is 1570. The van der Waals surface area contributed by atoms with Gasteiger partial charge in [-0.2, -0.15) is 9.97 Å². The minimum Gasteiger partial charge on any atom is -0.476 e. The van der Waals surface area contributed by atoms with Crippen molar-refractivity contribution >= 4 is 48.5 Å². The normalized spacial score (nSPS) is 29.0. The summed E-state index contributed by atoms with van der Waals surface area (Å²) < 4.78 is 55.1. The number of nitrogen functional groups attached to an aromatic ring is 1. The Balaban J connectivity index is 1.46. The van der Waals surface area contributed by atoms with E-state index in [-0.39, 0.29) is 29.6 Å². The fraction of sp³-hybridized carbons (Fsp3) is 0.500. The first-order valence-corrected chi connectivity index (χ1v) is 15.2. The third-order valence-corrected chi connectivity index (χ3v) is 8.51. The summed E-state index contributed by atoms with van der Waals surface area (Å²) in [5.41, 5.74) is 5.47. The summed E-state index contributed by atoms with van der Waals surface area (Å²) in [5.74, 6) is -1.32. The summed E-state index contributed by atoms with van der Waals surface area (Å²) in [6.45, 7) is 5.64. The maximum Gasteiger partial charge on any atom is 0.475 e. The molecule has 43 heavy (non-hydrogen) atoms. The number of nitrogens with zero attached hydrogens (tertiary/aromatic N) is 4. The fourth-order valence-electron chi connectivity index (χ4n) is 5.13. The number of carbonyl (C=O) groups is 2. The average Bonchev–Trinajstić information content (AvgIpc) is 3.45. The van der Waals surface area contributed by atoms with E-state index in [9.17, 15) is 14.2 Å². The van der Waals surface area contributed by atoms with Crippen molar-refractivity contribution < 1.29 is 46.7 Å². The number of ether oxygens (including phenoxy) is 4. The first-order valence-electron chi connectivity index (χ1n) is 13.4. The monoisotopic (exact) mass is 639 g/mol. The highest BCUT2D eigenvalue weighted by molar-refractivity contribution is 7.48. The van der Waals surface area contributed by atoms with E-state index in [1.54, 1.807) is 31.2 Å². The maximum absolute atomic E-state index is 13.5. The van der Waals surface area contributed by atoms with Gasteiger partial charge in [0.05, 0.1) is 32.3 Å². The lowest BCUT2D eigenvalue weighted by Crippen LogP contribution is -2.50. The highest BCUT2D eigenvalue weighted by atomic mass is 35.5. The van der Waals surface area contributed by atoms with Crippen LogP contribution in [0.4, 0.5) is 5.95 Å². The number of phosphoric ester groups is 1. The molecule has 2 saturated heterocycles. The highest BCUT2D eigenvalue weighted by Crippen LogP contribution is 2.58. The molecule has 0 amide bonds. The van der Waals surface area contributed by atoms with E-state index in [1.165, 1.54) is 31.7 Å². The molecule has 5 rings (SSSR count). The van der Waals surface area contributed by atoms with Crippen LogP contribution in [0.15, 0.2) is 30.6 Å². The topological polar surface area (TPSA) is 185 Å². The van der Waals surface area contributed by atoms with Gasteiger partial charge in [0.2, 0.25) is 11.8 Å². The van der Waals surface area contributed by atoms with Crippen molar-refractivity contribution in [1.29, 1.82) is 0 Å². The van der Waals surface area contributed by atoms with Gasteiger partial charge in [-0.05, 0) is 31.5 Å². The highest BCUT2D eigenvalue weighted by Gasteiger charge is 2.60. The summed E-state index contributed by atoms with van der Waals surface area (Å²) in [5, 5.41) is 0.496. The minimum atomic E-state index is -4.12. The molecular weight excluding hydrogens is 609 g/mol. The largest absolute Gasteiger partial charge is 0.476 e. The van der Waals surface area contributed by atoms with E-state index in [0.29, 0.717) is 23.6 Å². The van der Waals surface area contributed by atoms with Crippen molar-refractivity contribution in [2.45, 2.75) is 64.3 Å². The molecule has 2 aliphatic rings. The van der Waals surface area contributed by atoms with Crippen LogP contribution < -0.4 is 10.5 Å². The molecule has 17 heteroatoms. The van der Waals surface area contributed by atoms with E-state index in [2.05, 4.69) is 15.0 Å². The molecule has 0 spiro atoms. The molecule has 4 heterocycles. The van der Waals surface area contributed by atoms with Crippen LogP contribution in [-0.2, 0) is 41.9 Å². The van der Waals surface area contributed by atoms with Gasteiger partial charge >= 0.3 is 19.8 Å². The predicted molar refractivity (Wildman–Crippen MR) is 150 cm³/mol. The second-order valence-electron chi connectivity index (χ2n) is 9.99. The zero-order chi connectivity index (χ0) is 30.9. The van der Waals surface area contributed by atoms with Crippen LogP contribution in [0.3, 0.4) is 0 Å². The number of halogens is 1. The lowest BCUT2D eigenvalue weighted by molar-refractivity contribution is -0.184. The average molecular weight is 640 g/mol. The van der Waals surface area contributed by atoms with Crippen LogP contribution in [0.2, 0.25) is 5.02 Å². The lowest BCUT2D eigenvalue weighted by atomic mass is 9.95. The van der Waals surface area contributed by atoms with E-state index in [0.717, 1.165) is 0 Å². The van der Waals surface area contributed by atoms with Crippen molar-refractivity contribution in [3.8, 4) is 5.88 Å². The third kappa shape index (κ3) is 6.47. The molecule has 6 unspecified atom stereocenters. The van der Waals surface area contributed by atoms with E-state index in [1.807, 2.05) is 0 Å². The molecule has 2 fully saturated rings. The summed E-state index contributed by atoms with van der Waals surface area (Å²) in [4.78, 5) is 37.3. The summed E-state index contributed by atoms with van der Waals surface area (Å²) in [7, 11) is -4.12.